The van der Waals surface area contributed by atoms with Crippen LogP contribution in [0.25, 0.3) is 0 Å². The number of nitrogens with zero attached hydrogens (tertiary/aromatic N) is 3. The highest BCUT2D eigenvalue weighted by molar-refractivity contribution is 5.75. The molecule has 3 aromatic carbocycles. The molecule has 1 N–H and O–H groups in total. The van der Waals surface area contributed by atoms with Gasteiger partial charge in [0.05, 0.1) is 18.2 Å². The maximum atomic E-state index is 14.7. The summed E-state index contributed by atoms with van der Waals surface area (Å²) < 4.78 is 0. The standard InChI is InChI=1S/C33H41N3O2/c1-33(22-27-14-6-2-7-15-27)31(37)26-34(23-28-16-8-3-9-17-28)36(25-30-20-12-5-13-21-30)32(38)35(33)24-29-18-10-4-11-19-29/h2,4-7,10-15,18-21,28,31,37H,3,8-9,16-17,22-26H2,1H3/t31-,33-/m0/s1. The highest BCUT2D eigenvalue weighted by Gasteiger charge is 2.48. The van der Waals surface area contributed by atoms with Gasteiger partial charge in [0.25, 0.3) is 0 Å². The third-order valence-corrected chi connectivity index (χ3v) is 8.47. The van der Waals surface area contributed by atoms with E-state index in [-0.39, 0.29) is 6.03 Å². The normalized spacial score (nSPS) is 23.4. The van der Waals surface area contributed by atoms with Crippen LogP contribution in [0, 0.1) is 5.92 Å². The molecule has 2 aliphatic rings. The van der Waals surface area contributed by atoms with Crippen molar-refractivity contribution < 1.29 is 9.90 Å². The van der Waals surface area contributed by atoms with Crippen LogP contribution < -0.4 is 0 Å². The Bertz CT molecular complexity index is 1150. The Balaban J connectivity index is 1.54. The third kappa shape index (κ3) is 6.11. The molecule has 0 unspecified atom stereocenters. The molecule has 0 spiro atoms. The van der Waals surface area contributed by atoms with Crippen LogP contribution in [0.4, 0.5) is 4.79 Å². The zero-order chi connectivity index (χ0) is 26.4. The van der Waals surface area contributed by atoms with Crippen LogP contribution in [0.2, 0.25) is 0 Å². The summed E-state index contributed by atoms with van der Waals surface area (Å²) in [5.74, 6) is 0.545. The first-order valence-electron chi connectivity index (χ1n) is 14.2. The number of aliphatic hydroxyl groups excluding tert-OH is 1. The minimum atomic E-state index is -0.773. The Hall–Kier alpha value is -3.15. The van der Waals surface area contributed by atoms with Crippen LogP contribution in [0.15, 0.2) is 91.0 Å². The first kappa shape index (κ1) is 26.5. The van der Waals surface area contributed by atoms with Crippen LogP contribution in [-0.2, 0) is 19.5 Å². The smallest absolute Gasteiger partial charge is 0.335 e. The maximum absolute atomic E-state index is 14.7. The Kier molecular flexibility index (Phi) is 8.45. The summed E-state index contributed by atoms with van der Waals surface area (Å²) in [4.78, 5) is 16.6. The van der Waals surface area contributed by atoms with E-state index in [0.717, 1.165) is 23.2 Å². The highest BCUT2D eigenvalue weighted by Crippen LogP contribution is 2.34. The van der Waals surface area contributed by atoms with Crippen molar-refractivity contribution in [2.24, 2.45) is 5.92 Å². The number of urea groups is 1. The fourth-order valence-corrected chi connectivity index (χ4v) is 6.15. The third-order valence-electron chi connectivity index (χ3n) is 8.47. The molecule has 3 aromatic rings. The van der Waals surface area contributed by atoms with Gasteiger partial charge in [0.15, 0.2) is 0 Å². The average molecular weight is 512 g/mol. The molecule has 1 aliphatic carbocycles. The van der Waals surface area contributed by atoms with E-state index in [9.17, 15) is 9.90 Å². The molecule has 5 heteroatoms. The van der Waals surface area contributed by atoms with Gasteiger partial charge in [-0.15, -0.1) is 0 Å². The minimum absolute atomic E-state index is 0.0384. The molecule has 2 atom stereocenters. The first-order valence-corrected chi connectivity index (χ1v) is 14.2. The van der Waals surface area contributed by atoms with Crippen molar-refractivity contribution in [1.82, 2.24) is 14.9 Å². The van der Waals surface area contributed by atoms with Crippen LogP contribution in [0.5, 0.6) is 0 Å². The summed E-state index contributed by atoms with van der Waals surface area (Å²) in [6, 6.07) is 30.6. The molecule has 2 amide bonds. The lowest BCUT2D eigenvalue weighted by Crippen LogP contribution is -2.58. The number of hydrazine groups is 1. The number of carbonyl (C=O) groups excluding carboxylic acids is 1. The van der Waals surface area contributed by atoms with Gasteiger partial charge in [0.1, 0.15) is 0 Å². The molecule has 1 saturated heterocycles. The van der Waals surface area contributed by atoms with E-state index in [1.807, 2.05) is 64.5 Å². The van der Waals surface area contributed by atoms with Gasteiger partial charge in [0, 0.05) is 19.6 Å². The summed E-state index contributed by atoms with van der Waals surface area (Å²) in [6.45, 7) is 4.24. The highest BCUT2D eigenvalue weighted by atomic mass is 16.3. The van der Waals surface area contributed by atoms with Crippen LogP contribution >= 0.6 is 0 Å². The quantitative estimate of drug-likeness (QED) is 0.387. The zero-order valence-electron chi connectivity index (χ0n) is 22.6. The number of rotatable bonds is 8. The average Bonchev–Trinajstić information content (AvgIpc) is 3.01. The molecule has 0 radical (unpaired) electrons. The number of hydrogen-bond donors (Lipinski definition) is 1. The van der Waals surface area contributed by atoms with Gasteiger partial charge >= 0.3 is 6.03 Å². The monoisotopic (exact) mass is 511 g/mol. The van der Waals surface area contributed by atoms with Crippen LogP contribution in [0.1, 0.15) is 55.7 Å². The number of carbonyl (C=O) groups is 1. The number of aliphatic hydroxyl groups is 1. The summed E-state index contributed by atoms with van der Waals surface area (Å²) in [6.07, 6.45) is 6.05. The largest absolute Gasteiger partial charge is 0.389 e. The predicted molar refractivity (Wildman–Crippen MR) is 152 cm³/mol. The Morgan fingerprint density at radius 1 is 0.763 bits per heavy atom. The van der Waals surface area contributed by atoms with E-state index in [1.165, 1.54) is 32.1 Å². The molecule has 200 valence electrons. The molecule has 5 nitrogen and oxygen atoms in total. The Morgan fingerprint density at radius 3 is 1.87 bits per heavy atom. The summed E-state index contributed by atoms with van der Waals surface area (Å²) in [5.41, 5.74) is 2.50. The second-order valence-corrected chi connectivity index (χ2v) is 11.3. The molecule has 0 bridgehead atoms. The number of amides is 2. The van der Waals surface area contributed by atoms with Gasteiger partial charge in [-0.05, 0) is 48.8 Å². The zero-order valence-corrected chi connectivity index (χ0v) is 22.6. The summed E-state index contributed by atoms with van der Waals surface area (Å²) >= 11 is 0. The number of benzene rings is 3. The van der Waals surface area contributed by atoms with Gasteiger partial charge < -0.3 is 10.0 Å². The molecule has 1 saturated carbocycles. The van der Waals surface area contributed by atoms with E-state index in [0.29, 0.717) is 32.0 Å². The van der Waals surface area contributed by atoms with E-state index in [2.05, 4.69) is 48.3 Å². The van der Waals surface area contributed by atoms with Gasteiger partial charge in [-0.2, -0.15) is 0 Å². The summed E-state index contributed by atoms with van der Waals surface area (Å²) in [7, 11) is 0. The van der Waals surface area contributed by atoms with Crippen molar-refractivity contribution in [1.29, 1.82) is 0 Å². The van der Waals surface area contributed by atoms with Gasteiger partial charge in [-0.3, -0.25) is 5.01 Å². The van der Waals surface area contributed by atoms with Crippen molar-refractivity contribution in [3.05, 3.63) is 108 Å². The molecule has 38 heavy (non-hydrogen) atoms. The summed E-state index contributed by atoms with van der Waals surface area (Å²) in [5, 5.41) is 16.1. The molecule has 0 aromatic heterocycles. The number of hydrogen-bond acceptors (Lipinski definition) is 3. The predicted octanol–water partition coefficient (Wildman–Crippen LogP) is 6.28. The van der Waals surface area contributed by atoms with Crippen molar-refractivity contribution >= 4 is 6.03 Å². The Labute approximate surface area is 227 Å². The molecule has 1 heterocycles. The fourth-order valence-electron chi connectivity index (χ4n) is 6.15. The molecule has 5 rings (SSSR count). The van der Waals surface area contributed by atoms with Crippen molar-refractivity contribution in [2.75, 3.05) is 13.1 Å². The second kappa shape index (κ2) is 12.1. The second-order valence-electron chi connectivity index (χ2n) is 11.3. The molecular weight excluding hydrogens is 470 g/mol. The van der Waals surface area contributed by atoms with Crippen molar-refractivity contribution in [3.63, 3.8) is 0 Å². The number of β-amino-alcohol motifs (C(OH)–C–C–N with tert-alkyl or cyclic N) is 1. The van der Waals surface area contributed by atoms with E-state index in [1.54, 1.807) is 0 Å². The lowest BCUT2D eigenvalue weighted by Gasteiger charge is -2.43. The van der Waals surface area contributed by atoms with Crippen molar-refractivity contribution in [2.45, 2.75) is 70.2 Å². The van der Waals surface area contributed by atoms with Gasteiger partial charge in [-0.25, -0.2) is 9.80 Å². The topological polar surface area (TPSA) is 47.0 Å². The first-order chi connectivity index (χ1) is 18.5. The van der Waals surface area contributed by atoms with Crippen LogP contribution in [-0.4, -0.2) is 50.8 Å². The minimum Gasteiger partial charge on any atom is -0.389 e. The molecule has 2 fully saturated rings. The lowest BCUT2D eigenvalue weighted by atomic mass is 9.84. The van der Waals surface area contributed by atoms with Crippen molar-refractivity contribution in [3.8, 4) is 0 Å². The Morgan fingerprint density at radius 2 is 1.29 bits per heavy atom. The molecule has 1 aliphatic heterocycles. The maximum Gasteiger partial charge on any atom is 0.335 e. The van der Waals surface area contributed by atoms with Crippen LogP contribution in [0.3, 0.4) is 0 Å². The SMILES string of the molecule is C[C@]1(Cc2ccccc2)[C@@H](O)CN(CC2CCCCC2)N(Cc2ccccc2)C(=O)N1Cc1ccccc1. The van der Waals surface area contributed by atoms with E-state index in [4.69, 9.17) is 0 Å². The van der Waals surface area contributed by atoms with E-state index < -0.39 is 11.6 Å². The van der Waals surface area contributed by atoms with Gasteiger partial charge in [-0.1, -0.05) is 110 Å². The lowest BCUT2D eigenvalue weighted by molar-refractivity contribution is -0.0356. The van der Waals surface area contributed by atoms with E-state index >= 15 is 0 Å². The van der Waals surface area contributed by atoms with Gasteiger partial charge in [0.2, 0.25) is 0 Å². The molecular formula is C33H41N3O2. The fraction of sp³-hybridized carbons (Fsp3) is 0.424.